The van der Waals surface area contributed by atoms with Gasteiger partial charge in [-0.2, -0.15) is 0 Å². The highest BCUT2D eigenvalue weighted by atomic mass is 16.6. The molecule has 2 unspecified atom stereocenters. The number of aliphatic carboxylic acids is 1. The number of ether oxygens (including phenoxy) is 4. The van der Waals surface area contributed by atoms with Crippen molar-refractivity contribution in [2.45, 2.75) is 38.8 Å². The van der Waals surface area contributed by atoms with Crippen molar-refractivity contribution in [3.8, 4) is 11.5 Å². The van der Waals surface area contributed by atoms with E-state index in [1.54, 1.807) is 25.1 Å². The van der Waals surface area contributed by atoms with Crippen molar-refractivity contribution in [3.05, 3.63) is 59.7 Å². The molecule has 0 aromatic heterocycles. The summed E-state index contributed by atoms with van der Waals surface area (Å²) in [5.74, 6) is -1.23. The first kappa shape index (κ1) is 25.9. The summed E-state index contributed by atoms with van der Waals surface area (Å²) in [7, 11) is 3.01. The molecule has 35 heavy (non-hydrogen) atoms. The highest BCUT2D eigenvalue weighted by Crippen LogP contribution is 2.41. The van der Waals surface area contributed by atoms with Gasteiger partial charge in [-0.25, -0.2) is 4.79 Å². The van der Waals surface area contributed by atoms with E-state index in [0.29, 0.717) is 23.5 Å². The summed E-state index contributed by atoms with van der Waals surface area (Å²) in [5, 5.41) is 10.3. The standard InChI is InChI=1S/C26H31NO8/c1-4-34-24(30)26(23(28)29)13-8-14-27(25(31)35-17-18-9-6-5-7-10-18)22(26)16-19-11-12-20(32-2)21(15-19)33-3/h5-7,9-12,15,22H,4,8,13-14,16-17H2,1-3H3,(H,28,29). The van der Waals surface area contributed by atoms with Gasteiger partial charge >= 0.3 is 18.0 Å². The second kappa shape index (κ2) is 11.6. The molecular weight excluding hydrogens is 454 g/mol. The van der Waals surface area contributed by atoms with Gasteiger partial charge in [-0.05, 0) is 49.4 Å². The Labute approximate surface area is 204 Å². The van der Waals surface area contributed by atoms with Gasteiger partial charge in [-0.15, -0.1) is 0 Å². The molecule has 1 N–H and O–H groups in total. The number of nitrogens with zero attached hydrogens (tertiary/aromatic N) is 1. The van der Waals surface area contributed by atoms with E-state index in [4.69, 9.17) is 18.9 Å². The molecule has 9 heteroatoms. The fraction of sp³-hybridized carbons (Fsp3) is 0.423. The molecule has 0 spiro atoms. The van der Waals surface area contributed by atoms with Crippen LogP contribution in [0.2, 0.25) is 0 Å². The average Bonchev–Trinajstić information content (AvgIpc) is 2.87. The van der Waals surface area contributed by atoms with Crippen molar-refractivity contribution in [2.24, 2.45) is 5.41 Å². The Kier molecular flexibility index (Phi) is 8.57. The lowest BCUT2D eigenvalue weighted by Gasteiger charge is -2.45. The molecular formula is C26H31NO8. The molecule has 1 fully saturated rings. The number of hydrogen-bond donors (Lipinski definition) is 1. The van der Waals surface area contributed by atoms with Crippen LogP contribution in [0.4, 0.5) is 4.79 Å². The van der Waals surface area contributed by atoms with Gasteiger partial charge in [0.2, 0.25) is 0 Å². The monoisotopic (exact) mass is 485 g/mol. The van der Waals surface area contributed by atoms with Crippen LogP contribution < -0.4 is 9.47 Å². The number of carbonyl (C=O) groups excluding carboxylic acids is 2. The minimum absolute atomic E-state index is 0.0232. The van der Waals surface area contributed by atoms with Gasteiger partial charge < -0.3 is 29.0 Å². The normalized spacial score (nSPS) is 19.5. The number of amides is 1. The fourth-order valence-electron chi connectivity index (χ4n) is 4.49. The van der Waals surface area contributed by atoms with Crippen molar-refractivity contribution in [1.29, 1.82) is 0 Å². The number of likely N-dealkylation sites (tertiary alicyclic amines) is 1. The highest BCUT2D eigenvalue weighted by molar-refractivity contribution is 6.01. The summed E-state index contributed by atoms with van der Waals surface area (Å²) in [5.41, 5.74) is -0.470. The molecule has 2 atom stereocenters. The van der Waals surface area contributed by atoms with E-state index >= 15 is 0 Å². The highest BCUT2D eigenvalue weighted by Gasteiger charge is 2.58. The van der Waals surface area contributed by atoms with Gasteiger partial charge in [0.25, 0.3) is 0 Å². The van der Waals surface area contributed by atoms with E-state index < -0.39 is 29.5 Å². The molecule has 2 aromatic rings. The maximum Gasteiger partial charge on any atom is 0.410 e. The third-order valence-corrected chi connectivity index (χ3v) is 6.25. The van der Waals surface area contributed by atoms with E-state index in [-0.39, 0.29) is 32.6 Å². The Balaban J connectivity index is 1.98. The molecule has 0 bridgehead atoms. The second-order valence-corrected chi connectivity index (χ2v) is 8.24. The zero-order chi connectivity index (χ0) is 25.4. The molecule has 0 saturated carbocycles. The number of carboxylic acids is 1. The molecule has 3 rings (SSSR count). The zero-order valence-electron chi connectivity index (χ0n) is 20.2. The molecule has 1 aliphatic rings. The maximum atomic E-state index is 13.2. The van der Waals surface area contributed by atoms with E-state index in [9.17, 15) is 19.5 Å². The topological polar surface area (TPSA) is 112 Å². The largest absolute Gasteiger partial charge is 0.493 e. The molecule has 1 heterocycles. The van der Waals surface area contributed by atoms with Gasteiger partial charge in [-0.1, -0.05) is 36.4 Å². The Morgan fingerprint density at radius 3 is 2.34 bits per heavy atom. The predicted octanol–water partition coefficient (Wildman–Crippen LogP) is 3.68. The zero-order valence-corrected chi connectivity index (χ0v) is 20.2. The number of methoxy groups -OCH3 is 2. The minimum Gasteiger partial charge on any atom is -0.493 e. The number of piperidine rings is 1. The molecule has 0 aliphatic carbocycles. The fourth-order valence-corrected chi connectivity index (χ4v) is 4.49. The third-order valence-electron chi connectivity index (χ3n) is 6.25. The smallest absolute Gasteiger partial charge is 0.410 e. The lowest BCUT2D eigenvalue weighted by molar-refractivity contribution is -0.177. The number of hydrogen-bond acceptors (Lipinski definition) is 7. The summed E-state index contributed by atoms with van der Waals surface area (Å²) in [4.78, 5) is 40.3. The van der Waals surface area contributed by atoms with E-state index in [1.165, 1.54) is 19.1 Å². The maximum absolute atomic E-state index is 13.2. The number of carbonyl (C=O) groups is 3. The van der Waals surface area contributed by atoms with Gasteiger partial charge in [0.1, 0.15) is 6.61 Å². The van der Waals surface area contributed by atoms with Crippen LogP contribution in [-0.2, 0) is 32.1 Å². The number of rotatable bonds is 9. The molecule has 188 valence electrons. The lowest BCUT2D eigenvalue weighted by Crippen LogP contribution is -2.62. The molecule has 1 amide bonds. The average molecular weight is 486 g/mol. The summed E-state index contributed by atoms with van der Waals surface area (Å²) in [6.07, 6.45) is -0.254. The van der Waals surface area contributed by atoms with Crippen molar-refractivity contribution in [2.75, 3.05) is 27.4 Å². The first-order chi connectivity index (χ1) is 16.9. The quantitative estimate of drug-likeness (QED) is 0.423. The van der Waals surface area contributed by atoms with Crippen LogP contribution in [0.1, 0.15) is 30.9 Å². The van der Waals surface area contributed by atoms with Crippen molar-refractivity contribution >= 4 is 18.0 Å². The van der Waals surface area contributed by atoms with Crippen LogP contribution in [0.15, 0.2) is 48.5 Å². The van der Waals surface area contributed by atoms with Crippen LogP contribution in [0.25, 0.3) is 0 Å². The van der Waals surface area contributed by atoms with Gasteiger partial charge in [0.15, 0.2) is 16.9 Å². The Bertz CT molecular complexity index is 1040. The van der Waals surface area contributed by atoms with Gasteiger partial charge in [0, 0.05) is 6.54 Å². The van der Waals surface area contributed by atoms with E-state index in [1.807, 2.05) is 30.3 Å². The summed E-state index contributed by atoms with van der Waals surface area (Å²) >= 11 is 0. The molecule has 1 saturated heterocycles. The van der Waals surface area contributed by atoms with Crippen LogP contribution in [0.3, 0.4) is 0 Å². The van der Waals surface area contributed by atoms with Crippen molar-refractivity contribution < 1.29 is 38.4 Å². The molecule has 0 radical (unpaired) electrons. The first-order valence-corrected chi connectivity index (χ1v) is 11.5. The molecule has 2 aromatic carbocycles. The van der Waals surface area contributed by atoms with Gasteiger partial charge in [-0.3, -0.25) is 9.59 Å². The number of esters is 1. The van der Waals surface area contributed by atoms with Crippen LogP contribution in [-0.4, -0.2) is 61.5 Å². The minimum atomic E-state index is -1.94. The van der Waals surface area contributed by atoms with Crippen LogP contribution >= 0.6 is 0 Å². The Hall–Kier alpha value is -3.75. The molecule has 9 nitrogen and oxygen atoms in total. The summed E-state index contributed by atoms with van der Waals surface area (Å²) in [6.45, 7) is 1.92. The van der Waals surface area contributed by atoms with Crippen molar-refractivity contribution in [1.82, 2.24) is 4.90 Å². The second-order valence-electron chi connectivity index (χ2n) is 8.24. The predicted molar refractivity (Wildman–Crippen MR) is 126 cm³/mol. The Morgan fingerprint density at radius 2 is 1.71 bits per heavy atom. The first-order valence-electron chi connectivity index (χ1n) is 11.5. The molecule has 1 aliphatic heterocycles. The van der Waals surface area contributed by atoms with E-state index in [0.717, 1.165) is 5.56 Å². The number of benzene rings is 2. The SMILES string of the molecule is CCOC(=O)C1(C(=O)O)CCCN(C(=O)OCc2ccccc2)C1Cc1ccc(OC)c(OC)c1. The Morgan fingerprint density at radius 1 is 1.00 bits per heavy atom. The summed E-state index contributed by atoms with van der Waals surface area (Å²) in [6, 6.07) is 13.3. The van der Waals surface area contributed by atoms with Crippen LogP contribution in [0.5, 0.6) is 11.5 Å². The van der Waals surface area contributed by atoms with Crippen molar-refractivity contribution in [3.63, 3.8) is 0 Å². The van der Waals surface area contributed by atoms with Gasteiger partial charge in [0.05, 0.1) is 26.9 Å². The summed E-state index contributed by atoms with van der Waals surface area (Å²) < 4.78 is 21.4. The van der Waals surface area contributed by atoms with Crippen LogP contribution in [0, 0.1) is 5.41 Å². The third kappa shape index (κ3) is 5.50. The van der Waals surface area contributed by atoms with E-state index in [2.05, 4.69) is 0 Å². The number of carboxylic acid groups (broad SMARTS) is 1. The lowest BCUT2D eigenvalue weighted by atomic mass is 9.70.